The standard InChI is InChI=1S/C12H12O2/c1-10(9-12(13)14)7-8-11-5-3-2-4-6-11/h2-9H,1H3,(H,13,14)/p-1/b8-7+,10-9-. The second kappa shape index (κ2) is 5.02. The van der Waals surface area contributed by atoms with Crippen molar-refractivity contribution in [1.29, 1.82) is 0 Å². The first-order chi connectivity index (χ1) is 6.68. The molecule has 0 saturated carbocycles. The number of carbonyl (C=O) groups excluding carboxylic acids is 1. The molecule has 0 aliphatic rings. The summed E-state index contributed by atoms with van der Waals surface area (Å²) in [6.07, 6.45) is 4.67. The fourth-order valence-electron chi connectivity index (χ4n) is 1.03. The van der Waals surface area contributed by atoms with Crippen molar-refractivity contribution >= 4 is 12.0 Å². The predicted molar refractivity (Wildman–Crippen MR) is 54.2 cm³/mol. The molecule has 0 heterocycles. The summed E-state index contributed by atoms with van der Waals surface area (Å²) in [6, 6.07) is 9.68. The topological polar surface area (TPSA) is 40.1 Å². The Morgan fingerprint density at radius 2 is 1.93 bits per heavy atom. The minimum atomic E-state index is -1.17. The Hall–Kier alpha value is -1.83. The molecule has 1 aromatic carbocycles. The number of hydrogen-bond acceptors (Lipinski definition) is 2. The Morgan fingerprint density at radius 3 is 2.50 bits per heavy atom. The Kier molecular flexibility index (Phi) is 3.68. The molecule has 0 spiro atoms. The highest BCUT2D eigenvalue weighted by Gasteiger charge is 1.84. The summed E-state index contributed by atoms with van der Waals surface area (Å²) in [4.78, 5) is 10.2. The molecule has 0 atom stereocenters. The van der Waals surface area contributed by atoms with Gasteiger partial charge in [0.1, 0.15) is 0 Å². The van der Waals surface area contributed by atoms with Gasteiger partial charge >= 0.3 is 0 Å². The third-order valence-corrected chi connectivity index (χ3v) is 1.68. The highest BCUT2D eigenvalue weighted by atomic mass is 16.4. The van der Waals surface area contributed by atoms with Crippen molar-refractivity contribution in [3.05, 3.63) is 53.6 Å². The van der Waals surface area contributed by atoms with E-state index < -0.39 is 5.97 Å². The monoisotopic (exact) mass is 187 g/mol. The van der Waals surface area contributed by atoms with E-state index in [1.165, 1.54) is 0 Å². The molecule has 0 N–H and O–H groups in total. The van der Waals surface area contributed by atoms with Gasteiger partial charge in [-0.1, -0.05) is 42.5 Å². The van der Waals surface area contributed by atoms with Crippen LogP contribution in [0.25, 0.3) is 6.08 Å². The van der Waals surface area contributed by atoms with E-state index in [0.29, 0.717) is 5.57 Å². The SMILES string of the molecule is CC(=C/C(=O)[O-])/C=C/c1ccccc1. The molecule has 0 aliphatic heterocycles. The van der Waals surface area contributed by atoms with Crippen molar-refractivity contribution in [3.63, 3.8) is 0 Å². The van der Waals surface area contributed by atoms with E-state index in [9.17, 15) is 9.90 Å². The van der Waals surface area contributed by atoms with Crippen molar-refractivity contribution in [2.75, 3.05) is 0 Å². The van der Waals surface area contributed by atoms with E-state index in [-0.39, 0.29) is 0 Å². The number of rotatable bonds is 3. The molecule has 1 rings (SSSR count). The third-order valence-electron chi connectivity index (χ3n) is 1.68. The zero-order chi connectivity index (χ0) is 10.4. The van der Waals surface area contributed by atoms with Crippen LogP contribution in [0.15, 0.2) is 48.1 Å². The smallest absolute Gasteiger partial charge is 0.0645 e. The molecule has 72 valence electrons. The number of carboxylic acid groups (broad SMARTS) is 1. The lowest BCUT2D eigenvalue weighted by Gasteiger charge is -1.95. The van der Waals surface area contributed by atoms with E-state index in [1.807, 2.05) is 36.4 Å². The summed E-state index contributed by atoms with van der Waals surface area (Å²) in [7, 11) is 0. The van der Waals surface area contributed by atoms with E-state index in [0.717, 1.165) is 11.6 Å². The van der Waals surface area contributed by atoms with E-state index in [4.69, 9.17) is 0 Å². The van der Waals surface area contributed by atoms with Gasteiger partial charge in [0, 0.05) is 0 Å². The molecule has 1 aromatic rings. The molecule has 0 radical (unpaired) electrons. The Labute approximate surface area is 83.2 Å². The Morgan fingerprint density at radius 1 is 1.29 bits per heavy atom. The highest BCUT2D eigenvalue weighted by Crippen LogP contribution is 2.04. The van der Waals surface area contributed by atoms with Gasteiger partial charge in [0.25, 0.3) is 0 Å². The quantitative estimate of drug-likeness (QED) is 0.530. The maximum Gasteiger partial charge on any atom is 0.0645 e. The van der Waals surface area contributed by atoms with E-state index in [2.05, 4.69) is 0 Å². The first-order valence-electron chi connectivity index (χ1n) is 4.31. The molecule has 0 bridgehead atoms. The summed E-state index contributed by atoms with van der Waals surface area (Å²) >= 11 is 0. The van der Waals surface area contributed by atoms with Crippen molar-refractivity contribution in [1.82, 2.24) is 0 Å². The highest BCUT2D eigenvalue weighted by molar-refractivity contribution is 5.79. The number of carboxylic acids is 1. The molecule has 14 heavy (non-hydrogen) atoms. The number of hydrogen-bond donors (Lipinski definition) is 0. The molecule has 2 heteroatoms. The first-order valence-corrected chi connectivity index (χ1v) is 4.31. The van der Waals surface area contributed by atoms with Gasteiger partial charge in [-0.2, -0.15) is 0 Å². The van der Waals surface area contributed by atoms with Gasteiger partial charge in [0.05, 0.1) is 5.97 Å². The number of aliphatic carboxylic acids is 1. The second-order valence-corrected chi connectivity index (χ2v) is 2.95. The minimum Gasteiger partial charge on any atom is -0.545 e. The normalized spacial score (nSPS) is 11.9. The van der Waals surface area contributed by atoms with Crippen molar-refractivity contribution in [2.24, 2.45) is 0 Å². The first kappa shape index (κ1) is 10.3. The largest absolute Gasteiger partial charge is 0.545 e. The molecule has 0 unspecified atom stereocenters. The van der Waals surface area contributed by atoms with Crippen LogP contribution in [0.3, 0.4) is 0 Å². The molecule has 2 nitrogen and oxygen atoms in total. The van der Waals surface area contributed by atoms with E-state index in [1.54, 1.807) is 13.0 Å². The van der Waals surface area contributed by atoms with Crippen LogP contribution in [0.2, 0.25) is 0 Å². The van der Waals surface area contributed by atoms with Crippen molar-refractivity contribution in [2.45, 2.75) is 6.92 Å². The maximum absolute atomic E-state index is 10.2. The third kappa shape index (κ3) is 3.72. The van der Waals surface area contributed by atoms with Gasteiger partial charge in [-0.25, -0.2) is 0 Å². The molecule has 0 saturated heterocycles. The maximum atomic E-state index is 10.2. The van der Waals surface area contributed by atoms with Crippen LogP contribution < -0.4 is 5.11 Å². The molecular weight excluding hydrogens is 176 g/mol. The predicted octanol–water partition coefficient (Wildman–Crippen LogP) is 1.40. The van der Waals surface area contributed by atoms with Gasteiger partial charge in [-0.3, -0.25) is 0 Å². The Balaban J connectivity index is 2.70. The second-order valence-electron chi connectivity index (χ2n) is 2.95. The van der Waals surface area contributed by atoms with Crippen molar-refractivity contribution in [3.8, 4) is 0 Å². The van der Waals surface area contributed by atoms with E-state index >= 15 is 0 Å². The summed E-state index contributed by atoms with van der Waals surface area (Å²) in [5, 5.41) is 10.2. The number of carbonyl (C=O) groups is 1. The fraction of sp³-hybridized carbons (Fsp3) is 0.0833. The zero-order valence-electron chi connectivity index (χ0n) is 7.94. The minimum absolute atomic E-state index is 0.661. The molecule has 0 fully saturated rings. The van der Waals surface area contributed by atoms with Gasteiger partial charge in [0.15, 0.2) is 0 Å². The van der Waals surface area contributed by atoms with Crippen LogP contribution >= 0.6 is 0 Å². The van der Waals surface area contributed by atoms with Gasteiger partial charge in [0.2, 0.25) is 0 Å². The van der Waals surface area contributed by atoms with Crippen LogP contribution in [-0.2, 0) is 4.79 Å². The van der Waals surface area contributed by atoms with Gasteiger partial charge in [-0.15, -0.1) is 0 Å². The Bertz CT molecular complexity index is 361. The zero-order valence-corrected chi connectivity index (χ0v) is 7.94. The molecular formula is C12H11O2-. The van der Waals surface area contributed by atoms with Gasteiger partial charge in [-0.05, 0) is 24.1 Å². The van der Waals surface area contributed by atoms with Crippen LogP contribution in [0, 0.1) is 0 Å². The fourth-order valence-corrected chi connectivity index (χ4v) is 1.03. The average Bonchev–Trinajstić information content (AvgIpc) is 2.15. The lowest BCUT2D eigenvalue weighted by atomic mass is 10.2. The molecule has 0 amide bonds. The average molecular weight is 187 g/mol. The van der Waals surface area contributed by atoms with Crippen LogP contribution in [-0.4, -0.2) is 5.97 Å². The van der Waals surface area contributed by atoms with Crippen LogP contribution in [0.5, 0.6) is 0 Å². The number of benzene rings is 1. The molecule has 0 aromatic heterocycles. The van der Waals surface area contributed by atoms with Crippen molar-refractivity contribution < 1.29 is 9.90 Å². The number of allylic oxidation sites excluding steroid dienone is 2. The molecule has 0 aliphatic carbocycles. The van der Waals surface area contributed by atoms with Crippen LogP contribution in [0.4, 0.5) is 0 Å². The lowest BCUT2D eigenvalue weighted by Crippen LogP contribution is -2.19. The summed E-state index contributed by atoms with van der Waals surface area (Å²) < 4.78 is 0. The lowest BCUT2D eigenvalue weighted by molar-refractivity contribution is -0.297. The van der Waals surface area contributed by atoms with Gasteiger partial charge < -0.3 is 9.90 Å². The summed E-state index contributed by atoms with van der Waals surface area (Å²) in [5.41, 5.74) is 1.70. The summed E-state index contributed by atoms with van der Waals surface area (Å²) in [5.74, 6) is -1.17. The van der Waals surface area contributed by atoms with Crippen LogP contribution in [0.1, 0.15) is 12.5 Å². The summed E-state index contributed by atoms with van der Waals surface area (Å²) in [6.45, 7) is 1.72.